The average Bonchev–Trinajstić information content (AvgIpc) is 3.40. The minimum atomic E-state index is -0.644. The zero-order valence-electron chi connectivity index (χ0n) is 22.9. The Kier molecular flexibility index (Phi) is 6.65. The molecule has 0 amide bonds. The van der Waals surface area contributed by atoms with Crippen molar-refractivity contribution in [2.24, 2.45) is 0 Å². The number of aryl methyl sites for hydroxylation is 1. The highest BCUT2D eigenvalue weighted by atomic mass is 16.5. The van der Waals surface area contributed by atoms with Gasteiger partial charge in [0, 0.05) is 30.4 Å². The molecule has 9 nitrogen and oxygen atoms in total. The van der Waals surface area contributed by atoms with Gasteiger partial charge < -0.3 is 28.5 Å². The number of hydrogen-bond donors (Lipinski definition) is 1. The maximum atomic E-state index is 12.8. The number of methoxy groups -OCH3 is 1. The second-order valence-electron chi connectivity index (χ2n) is 10.3. The fraction of sp³-hybridized carbons (Fsp3) is 0.281. The number of carbonyl (C=O) groups excluding carboxylic acids is 2. The van der Waals surface area contributed by atoms with Crippen LogP contribution in [0.5, 0.6) is 28.7 Å². The number of hydrogen-bond acceptors (Lipinski definition) is 9. The highest BCUT2D eigenvalue weighted by Crippen LogP contribution is 2.50. The van der Waals surface area contributed by atoms with Crippen molar-refractivity contribution in [3.8, 4) is 28.7 Å². The molecule has 9 heteroatoms. The maximum Gasteiger partial charge on any atom is 0.336 e. The molecule has 0 radical (unpaired) electrons. The van der Waals surface area contributed by atoms with Crippen LogP contribution in [-0.4, -0.2) is 37.2 Å². The van der Waals surface area contributed by atoms with Crippen molar-refractivity contribution < 1.29 is 38.1 Å². The Morgan fingerprint density at radius 1 is 1.10 bits per heavy atom. The summed E-state index contributed by atoms with van der Waals surface area (Å²) in [5, 5.41) is 11.2. The van der Waals surface area contributed by atoms with E-state index in [0.29, 0.717) is 47.8 Å². The van der Waals surface area contributed by atoms with E-state index in [9.17, 15) is 19.5 Å². The first-order chi connectivity index (χ1) is 19.7. The third kappa shape index (κ3) is 4.67. The number of phenolic OH excluding ortho intramolecular Hbond substituents is 1. The molecule has 210 valence electrons. The minimum absolute atomic E-state index is 0.0732. The molecule has 3 aromatic carbocycles. The molecule has 0 spiro atoms. The molecule has 1 aromatic heterocycles. The van der Waals surface area contributed by atoms with E-state index in [-0.39, 0.29) is 28.7 Å². The Hall–Kier alpha value is -4.79. The third-order valence-electron chi connectivity index (χ3n) is 7.63. The van der Waals surface area contributed by atoms with Crippen LogP contribution < -0.4 is 24.6 Å². The summed E-state index contributed by atoms with van der Waals surface area (Å²) >= 11 is 0. The summed E-state index contributed by atoms with van der Waals surface area (Å²) in [4.78, 5) is 37.8. The lowest BCUT2D eigenvalue weighted by Crippen LogP contribution is -2.24. The molecule has 2 aliphatic heterocycles. The molecule has 2 aliphatic rings. The number of ether oxygens (including phenoxy) is 4. The molecule has 0 bridgehead atoms. The topological polar surface area (TPSA) is 122 Å². The van der Waals surface area contributed by atoms with E-state index < -0.39 is 29.0 Å². The van der Waals surface area contributed by atoms with Gasteiger partial charge in [0.1, 0.15) is 22.6 Å². The number of carbonyl (C=O) groups is 2. The Morgan fingerprint density at radius 3 is 2.71 bits per heavy atom. The largest absolute Gasteiger partial charge is 0.506 e. The second-order valence-corrected chi connectivity index (χ2v) is 10.3. The Labute approximate surface area is 235 Å². The van der Waals surface area contributed by atoms with Crippen LogP contribution in [0.1, 0.15) is 57.4 Å². The summed E-state index contributed by atoms with van der Waals surface area (Å²) in [6.07, 6.45) is 1.53. The van der Waals surface area contributed by atoms with Gasteiger partial charge >= 0.3 is 11.6 Å². The molecule has 4 aromatic rings. The fourth-order valence-corrected chi connectivity index (χ4v) is 5.72. The fourth-order valence-electron chi connectivity index (χ4n) is 5.72. The smallest absolute Gasteiger partial charge is 0.336 e. The molecule has 6 rings (SSSR count). The first kappa shape index (κ1) is 26.4. The Bertz CT molecular complexity index is 1780. The zero-order valence-corrected chi connectivity index (χ0v) is 22.9. The van der Waals surface area contributed by atoms with Crippen molar-refractivity contribution >= 4 is 22.7 Å². The highest BCUT2D eigenvalue weighted by molar-refractivity contribution is 6.09. The summed E-state index contributed by atoms with van der Waals surface area (Å²) in [6.45, 7) is 4.05. The lowest BCUT2D eigenvalue weighted by atomic mass is 9.82. The number of esters is 1. The SMILES string of the molecule is COc1cc([C@@H]2CC(=O)Oc3c(C(C)=O)c(O)c4c(C)cc(=O)oc4c32)ccc1OCCc1ccc2c(c1)CCO2. The van der Waals surface area contributed by atoms with Crippen LogP contribution in [0.25, 0.3) is 11.0 Å². The predicted molar refractivity (Wildman–Crippen MR) is 149 cm³/mol. The van der Waals surface area contributed by atoms with Gasteiger partial charge in [-0.15, -0.1) is 0 Å². The van der Waals surface area contributed by atoms with E-state index in [4.69, 9.17) is 23.4 Å². The predicted octanol–water partition coefficient (Wildman–Crippen LogP) is 5.02. The standard InChI is InChI=1S/C32H28O9/c1-16-12-25(34)40-31-27(16)30(36)28(17(2)33)32-29(31)21(15-26(35)41-32)19-5-7-23(24(14-19)37-3)39-10-8-18-4-6-22-20(13-18)9-11-38-22/h4-7,12-14,21,36H,8-11,15H2,1-3H3/t21-/m0/s1. The summed E-state index contributed by atoms with van der Waals surface area (Å²) in [7, 11) is 1.53. The molecule has 41 heavy (non-hydrogen) atoms. The summed E-state index contributed by atoms with van der Waals surface area (Å²) < 4.78 is 28.3. The van der Waals surface area contributed by atoms with Gasteiger partial charge in [0.05, 0.1) is 32.1 Å². The van der Waals surface area contributed by atoms with Gasteiger partial charge in [-0.2, -0.15) is 0 Å². The van der Waals surface area contributed by atoms with Crippen LogP contribution in [0.2, 0.25) is 0 Å². The first-order valence-electron chi connectivity index (χ1n) is 13.4. The Morgan fingerprint density at radius 2 is 1.93 bits per heavy atom. The lowest BCUT2D eigenvalue weighted by molar-refractivity contribution is -0.135. The number of Topliss-reactive ketones (excluding diaryl/α,β-unsaturated/α-hetero) is 1. The van der Waals surface area contributed by atoms with Crippen LogP contribution >= 0.6 is 0 Å². The van der Waals surface area contributed by atoms with Crippen LogP contribution in [0.4, 0.5) is 0 Å². The zero-order chi connectivity index (χ0) is 28.8. The summed E-state index contributed by atoms with van der Waals surface area (Å²) in [6, 6.07) is 12.7. The number of benzene rings is 3. The van der Waals surface area contributed by atoms with Gasteiger partial charge in [0.15, 0.2) is 23.0 Å². The molecule has 0 fully saturated rings. The van der Waals surface area contributed by atoms with Crippen LogP contribution in [-0.2, 0) is 17.6 Å². The summed E-state index contributed by atoms with van der Waals surface area (Å²) in [5.74, 6) is -0.286. The van der Waals surface area contributed by atoms with Gasteiger partial charge in [-0.05, 0) is 54.3 Å². The molecular weight excluding hydrogens is 528 g/mol. The quantitative estimate of drug-likeness (QED) is 0.145. The molecule has 1 atom stereocenters. The average molecular weight is 557 g/mol. The molecule has 0 saturated carbocycles. The third-order valence-corrected chi connectivity index (χ3v) is 7.63. The van der Waals surface area contributed by atoms with Gasteiger partial charge in [-0.3, -0.25) is 9.59 Å². The van der Waals surface area contributed by atoms with Crippen molar-refractivity contribution in [2.45, 2.75) is 39.0 Å². The molecule has 0 unspecified atom stereocenters. The first-order valence-corrected chi connectivity index (χ1v) is 13.4. The minimum Gasteiger partial charge on any atom is -0.506 e. The van der Waals surface area contributed by atoms with E-state index in [1.165, 1.54) is 25.7 Å². The van der Waals surface area contributed by atoms with Gasteiger partial charge in [0.25, 0.3) is 0 Å². The number of phenols is 1. The Balaban J connectivity index is 1.37. The molecule has 1 N–H and O–H groups in total. The van der Waals surface area contributed by atoms with Crippen molar-refractivity contribution in [1.29, 1.82) is 0 Å². The van der Waals surface area contributed by atoms with Crippen LogP contribution in [0.15, 0.2) is 51.7 Å². The van der Waals surface area contributed by atoms with E-state index in [0.717, 1.165) is 17.7 Å². The number of rotatable bonds is 7. The normalized spacial score (nSPS) is 15.6. The van der Waals surface area contributed by atoms with Crippen molar-refractivity contribution in [3.63, 3.8) is 0 Å². The van der Waals surface area contributed by atoms with Crippen molar-refractivity contribution in [2.75, 3.05) is 20.3 Å². The van der Waals surface area contributed by atoms with Gasteiger partial charge in [-0.25, -0.2) is 4.79 Å². The second kappa shape index (κ2) is 10.3. The van der Waals surface area contributed by atoms with E-state index >= 15 is 0 Å². The van der Waals surface area contributed by atoms with Crippen molar-refractivity contribution in [3.05, 3.63) is 86.3 Å². The molecule has 0 saturated heterocycles. The molecule has 0 aliphatic carbocycles. The molecular formula is C32H28O9. The van der Waals surface area contributed by atoms with Crippen LogP contribution in [0, 0.1) is 6.92 Å². The van der Waals surface area contributed by atoms with E-state index in [2.05, 4.69) is 6.07 Å². The number of ketones is 1. The van der Waals surface area contributed by atoms with E-state index in [1.54, 1.807) is 25.1 Å². The van der Waals surface area contributed by atoms with E-state index in [1.807, 2.05) is 12.1 Å². The number of aromatic hydroxyl groups is 1. The monoisotopic (exact) mass is 556 g/mol. The highest BCUT2D eigenvalue weighted by Gasteiger charge is 2.37. The maximum absolute atomic E-state index is 12.8. The lowest BCUT2D eigenvalue weighted by Gasteiger charge is -2.28. The molecule has 3 heterocycles. The van der Waals surface area contributed by atoms with Crippen molar-refractivity contribution in [1.82, 2.24) is 0 Å². The summed E-state index contributed by atoms with van der Waals surface area (Å²) in [5.41, 5.74) is 3.12. The van der Waals surface area contributed by atoms with Gasteiger partial charge in [-0.1, -0.05) is 18.2 Å². The van der Waals surface area contributed by atoms with Gasteiger partial charge in [0.2, 0.25) is 0 Å². The van der Waals surface area contributed by atoms with Crippen LogP contribution in [0.3, 0.4) is 0 Å². The number of fused-ring (bicyclic) bond motifs is 4.